The SMILES string of the molecule is CC(C(=O)N1CC(C)(C)OC(C)(C)C1)=C1CNC1. The van der Waals surface area contributed by atoms with E-state index < -0.39 is 0 Å². The number of ether oxygens (including phenoxy) is 1. The third-order valence-electron chi connectivity index (χ3n) is 3.51. The fourth-order valence-electron chi connectivity index (χ4n) is 2.83. The summed E-state index contributed by atoms with van der Waals surface area (Å²) >= 11 is 0. The lowest BCUT2D eigenvalue weighted by molar-refractivity contribution is -0.186. The molecule has 0 aromatic heterocycles. The second kappa shape index (κ2) is 4.35. The zero-order chi connectivity index (χ0) is 13.6. The smallest absolute Gasteiger partial charge is 0.249 e. The molecule has 0 spiro atoms. The summed E-state index contributed by atoms with van der Waals surface area (Å²) in [6.07, 6.45) is 0. The van der Waals surface area contributed by atoms with E-state index in [0.717, 1.165) is 18.7 Å². The molecule has 102 valence electrons. The van der Waals surface area contributed by atoms with E-state index in [-0.39, 0.29) is 17.1 Å². The minimum absolute atomic E-state index is 0.163. The standard InChI is InChI=1S/C14H24N2O2/c1-10(11-6-15-7-11)12(17)16-8-13(2,3)18-14(4,5)9-16/h15H,6-9H2,1-5H3. The molecule has 0 bridgehead atoms. The molecule has 0 radical (unpaired) electrons. The lowest BCUT2D eigenvalue weighted by Gasteiger charge is -2.47. The molecule has 0 atom stereocenters. The van der Waals surface area contributed by atoms with Crippen molar-refractivity contribution in [2.45, 2.75) is 45.8 Å². The molecule has 0 aliphatic carbocycles. The predicted octanol–water partition coefficient (Wildman–Crippen LogP) is 1.32. The quantitative estimate of drug-likeness (QED) is 0.716. The van der Waals surface area contributed by atoms with Gasteiger partial charge in [-0.3, -0.25) is 4.79 Å². The van der Waals surface area contributed by atoms with Crippen LogP contribution in [0.2, 0.25) is 0 Å². The number of carbonyl (C=O) groups is 1. The summed E-state index contributed by atoms with van der Waals surface area (Å²) in [7, 11) is 0. The summed E-state index contributed by atoms with van der Waals surface area (Å²) < 4.78 is 6.00. The molecule has 0 unspecified atom stereocenters. The van der Waals surface area contributed by atoms with E-state index >= 15 is 0 Å². The Morgan fingerprint density at radius 3 is 2.06 bits per heavy atom. The first-order valence-electron chi connectivity index (χ1n) is 6.59. The number of carbonyl (C=O) groups excluding carboxylic acids is 1. The number of nitrogens with zero attached hydrogens (tertiary/aromatic N) is 1. The number of nitrogens with one attached hydrogen (secondary N) is 1. The van der Waals surface area contributed by atoms with Crippen LogP contribution in [0.4, 0.5) is 0 Å². The zero-order valence-electron chi connectivity index (χ0n) is 12.1. The minimum atomic E-state index is -0.278. The Morgan fingerprint density at radius 2 is 1.67 bits per heavy atom. The maximum absolute atomic E-state index is 12.5. The molecule has 2 saturated heterocycles. The number of morpholine rings is 1. The first-order valence-corrected chi connectivity index (χ1v) is 6.59. The summed E-state index contributed by atoms with van der Waals surface area (Å²) in [6, 6.07) is 0. The number of hydrogen-bond acceptors (Lipinski definition) is 3. The molecule has 2 heterocycles. The molecule has 1 amide bonds. The van der Waals surface area contributed by atoms with Crippen molar-refractivity contribution in [3.05, 3.63) is 11.1 Å². The summed E-state index contributed by atoms with van der Waals surface area (Å²) in [5.74, 6) is 0.163. The molecule has 0 aromatic carbocycles. The van der Waals surface area contributed by atoms with E-state index in [1.54, 1.807) is 0 Å². The van der Waals surface area contributed by atoms with Gasteiger partial charge in [0.05, 0.1) is 11.2 Å². The number of amides is 1. The first-order chi connectivity index (χ1) is 8.20. The van der Waals surface area contributed by atoms with E-state index in [0.29, 0.717) is 13.1 Å². The fraction of sp³-hybridized carbons (Fsp3) is 0.786. The summed E-state index contributed by atoms with van der Waals surface area (Å²) in [5.41, 5.74) is 1.59. The molecule has 2 aliphatic heterocycles. The van der Waals surface area contributed by atoms with Crippen LogP contribution < -0.4 is 5.32 Å². The van der Waals surface area contributed by atoms with Crippen LogP contribution in [0, 0.1) is 0 Å². The zero-order valence-corrected chi connectivity index (χ0v) is 12.1. The van der Waals surface area contributed by atoms with Gasteiger partial charge in [-0.15, -0.1) is 0 Å². The Labute approximate surface area is 109 Å². The van der Waals surface area contributed by atoms with Gasteiger partial charge in [0.1, 0.15) is 0 Å². The lowest BCUT2D eigenvalue weighted by Crippen LogP contribution is -2.59. The van der Waals surface area contributed by atoms with Gasteiger partial charge < -0.3 is 15.0 Å². The first kappa shape index (κ1) is 13.6. The Balaban J connectivity index is 2.15. The van der Waals surface area contributed by atoms with Crippen molar-refractivity contribution >= 4 is 5.91 Å². The van der Waals surface area contributed by atoms with Crippen molar-refractivity contribution < 1.29 is 9.53 Å². The monoisotopic (exact) mass is 252 g/mol. The highest BCUT2D eigenvalue weighted by Gasteiger charge is 2.40. The Kier molecular flexibility index (Phi) is 3.28. The largest absolute Gasteiger partial charge is 0.366 e. The second-order valence-corrected chi connectivity index (χ2v) is 6.61. The normalized spacial score (nSPS) is 25.6. The van der Waals surface area contributed by atoms with Crippen molar-refractivity contribution in [2.24, 2.45) is 0 Å². The highest BCUT2D eigenvalue weighted by Crippen LogP contribution is 2.29. The molecular formula is C14H24N2O2. The van der Waals surface area contributed by atoms with Gasteiger partial charge in [0.25, 0.3) is 0 Å². The summed E-state index contributed by atoms with van der Waals surface area (Å²) in [4.78, 5) is 14.4. The summed E-state index contributed by atoms with van der Waals surface area (Å²) in [6.45, 7) is 13.1. The second-order valence-electron chi connectivity index (χ2n) is 6.61. The third-order valence-corrected chi connectivity index (χ3v) is 3.51. The lowest BCUT2D eigenvalue weighted by atomic mass is 9.96. The predicted molar refractivity (Wildman–Crippen MR) is 71.4 cm³/mol. The Hall–Kier alpha value is -0.870. The van der Waals surface area contributed by atoms with Gasteiger partial charge in [-0.1, -0.05) is 0 Å². The van der Waals surface area contributed by atoms with Crippen molar-refractivity contribution in [3.8, 4) is 0 Å². The van der Waals surface area contributed by atoms with Crippen LogP contribution in [0.25, 0.3) is 0 Å². The van der Waals surface area contributed by atoms with Gasteiger partial charge in [0.15, 0.2) is 0 Å². The molecule has 0 aromatic rings. The van der Waals surface area contributed by atoms with E-state index in [9.17, 15) is 4.79 Å². The van der Waals surface area contributed by atoms with E-state index in [1.165, 1.54) is 5.57 Å². The summed E-state index contributed by atoms with van der Waals surface area (Å²) in [5, 5.41) is 3.18. The van der Waals surface area contributed by atoms with Gasteiger partial charge in [0.2, 0.25) is 5.91 Å². The maximum Gasteiger partial charge on any atom is 0.249 e. The van der Waals surface area contributed by atoms with Crippen LogP contribution in [0.5, 0.6) is 0 Å². The van der Waals surface area contributed by atoms with Gasteiger partial charge in [-0.05, 0) is 40.2 Å². The topological polar surface area (TPSA) is 41.6 Å². The van der Waals surface area contributed by atoms with Crippen molar-refractivity contribution in [1.82, 2.24) is 10.2 Å². The average Bonchev–Trinajstić information content (AvgIpc) is 2.08. The number of hydrogen-bond donors (Lipinski definition) is 1. The van der Waals surface area contributed by atoms with Gasteiger partial charge >= 0.3 is 0 Å². The maximum atomic E-state index is 12.5. The number of rotatable bonds is 1. The van der Waals surface area contributed by atoms with E-state index in [2.05, 4.69) is 5.32 Å². The molecule has 0 saturated carbocycles. The molecular weight excluding hydrogens is 228 g/mol. The van der Waals surface area contributed by atoms with Gasteiger partial charge in [-0.2, -0.15) is 0 Å². The average molecular weight is 252 g/mol. The van der Waals surface area contributed by atoms with Crippen molar-refractivity contribution in [1.29, 1.82) is 0 Å². The highest BCUT2D eigenvalue weighted by atomic mass is 16.5. The molecule has 4 heteroatoms. The molecule has 2 fully saturated rings. The van der Waals surface area contributed by atoms with Crippen LogP contribution in [-0.4, -0.2) is 48.2 Å². The van der Waals surface area contributed by atoms with Crippen LogP contribution >= 0.6 is 0 Å². The van der Waals surface area contributed by atoms with Gasteiger partial charge in [0, 0.05) is 31.8 Å². The van der Waals surface area contributed by atoms with Crippen LogP contribution in [0.1, 0.15) is 34.6 Å². The molecule has 1 N–H and O–H groups in total. The van der Waals surface area contributed by atoms with Crippen molar-refractivity contribution in [3.63, 3.8) is 0 Å². The minimum Gasteiger partial charge on any atom is -0.366 e. The third kappa shape index (κ3) is 2.75. The Morgan fingerprint density at radius 1 is 1.17 bits per heavy atom. The molecule has 18 heavy (non-hydrogen) atoms. The van der Waals surface area contributed by atoms with E-state index in [1.807, 2.05) is 39.5 Å². The Bertz CT molecular complexity index is 375. The molecule has 2 aliphatic rings. The van der Waals surface area contributed by atoms with Crippen LogP contribution in [-0.2, 0) is 9.53 Å². The van der Waals surface area contributed by atoms with Gasteiger partial charge in [-0.25, -0.2) is 0 Å². The van der Waals surface area contributed by atoms with Crippen molar-refractivity contribution in [2.75, 3.05) is 26.2 Å². The highest BCUT2D eigenvalue weighted by molar-refractivity contribution is 5.94. The molecule has 4 nitrogen and oxygen atoms in total. The van der Waals surface area contributed by atoms with Crippen LogP contribution in [0.3, 0.4) is 0 Å². The molecule has 2 rings (SSSR count). The van der Waals surface area contributed by atoms with E-state index in [4.69, 9.17) is 4.74 Å². The fourth-order valence-corrected chi connectivity index (χ4v) is 2.83. The van der Waals surface area contributed by atoms with Crippen LogP contribution in [0.15, 0.2) is 11.1 Å².